The molecule has 3 aliphatic rings. The molecule has 1 aromatic carbocycles. The molecule has 0 saturated carbocycles. The van der Waals surface area contributed by atoms with E-state index in [1.165, 1.54) is 31.2 Å². The average Bonchev–Trinajstić information content (AvgIpc) is 2.73. The van der Waals surface area contributed by atoms with E-state index in [1.54, 1.807) is 13.2 Å². The van der Waals surface area contributed by atoms with Crippen LogP contribution in [-0.4, -0.2) is 47.7 Å². The number of benzene rings is 1. The van der Waals surface area contributed by atoms with Gasteiger partial charge in [0.1, 0.15) is 11.6 Å². The van der Waals surface area contributed by atoms with Crippen LogP contribution in [0.2, 0.25) is 0 Å². The highest BCUT2D eigenvalue weighted by Crippen LogP contribution is 2.45. The lowest BCUT2D eigenvalue weighted by Crippen LogP contribution is -2.59. The molecule has 0 radical (unpaired) electrons. The standard InChI is InChI=1S/C22H29N5O2/c1-29-17-7-5-15(6-8-17)18-3-2-4-19-16-9-14(12-27(18)19)11-26(13-16)20-10-21(28)25-22(23)24-20/h5-8,10,14,16,18-19H,2-4,9,11-13H2,1H3,(H3,23,24,25,28)/t14-,16+,18+,19-/m0/s1. The van der Waals surface area contributed by atoms with Crippen molar-refractivity contribution >= 4 is 11.8 Å². The summed E-state index contributed by atoms with van der Waals surface area (Å²) in [6.07, 6.45) is 5.00. The molecule has 3 saturated heterocycles. The molecule has 29 heavy (non-hydrogen) atoms. The molecule has 2 aromatic rings. The molecule has 0 aliphatic carbocycles. The minimum Gasteiger partial charge on any atom is -0.497 e. The Morgan fingerprint density at radius 1 is 1.17 bits per heavy atom. The van der Waals surface area contributed by atoms with Crippen molar-refractivity contribution in [1.29, 1.82) is 0 Å². The number of nitrogen functional groups attached to an aromatic ring is 1. The van der Waals surface area contributed by atoms with E-state index in [0.717, 1.165) is 31.2 Å². The van der Waals surface area contributed by atoms with Crippen LogP contribution in [0.5, 0.6) is 5.75 Å². The summed E-state index contributed by atoms with van der Waals surface area (Å²) in [6.45, 7) is 2.99. The highest BCUT2D eigenvalue weighted by molar-refractivity contribution is 5.42. The lowest BCUT2D eigenvalue weighted by molar-refractivity contribution is -0.0201. The number of nitrogens with one attached hydrogen (secondary N) is 1. The summed E-state index contributed by atoms with van der Waals surface area (Å²) in [5.74, 6) is 3.02. The van der Waals surface area contributed by atoms with Gasteiger partial charge >= 0.3 is 0 Å². The molecule has 3 aliphatic heterocycles. The van der Waals surface area contributed by atoms with Crippen LogP contribution in [0.25, 0.3) is 0 Å². The Kier molecular flexibility index (Phi) is 4.70. The normalized spacial score (nSPS) is 29.3. The van der Waals surface area contributed by atoms with Gasteiger partial charge in [0.05, 0.1) is 7.11 Å². The first-order valence-electron chi connectivity index (χ1n) is 10.6. The fraction of sp³-hybridized carbons (Fsp3) is 0.545. The number of hydrogen-bond donors (Lipinski definition) is 2. The molecule has 154 valence electrons. The van der Waals surface area contributed by atoms with Crippen molar-refractivity contribution in [3.8, 4) is 5.75 Å². The Morgan fingerprint density at radius 3 is 2.76 bits per heavy atom. The van der Waals surface area contributed by atoms with Crippen molar-refractivity contribution in [2.45, 2.75) is 37.8 Å². The van der Waals surface area contributed by atoms with Gasteiger partial charge < -0.3 is 15.4 Å². The fourth-order valence-electron chi connectivity index (χ4n) is 5.80. The van der Waals surface area contributed by atoms with Gasteiger partial charge in [0, 0.05) is 37.8 Å². The molecule has 7 heteroatoms. The van der Waals surface area contributed by atoms with Crippen LogP contribution in [0, 0.1) is 11.8 Å². The number of aromatic nitrogens is 2. The molecule has 4 heterocycles. The Bertz CT molecular complexity index is 928. The maximum Gasteiger partial charge on any atom is 0.254 e. The fourth-order valence-corrected chi connectivity index (χ4v) is 5.80. The van der Waals surface area contributed by atoms with Crippen LogP contribution < -0.4 is 20.9 Å². The van der Waals surface area contributed by atoms with E-state index >= 15 is 0 Å². The quantitative estimate of drug-likeness (QED) is 0.830. The van der Waals surface area contributed by atoms with E-state index in [0.29, 0.717) is 23.9 Å². The second-order valence-corrected chi connectivity index (χ2v) is 8.74. The minimum atomic E-state index is -0.179. The zero-order valence-electron chi connectivity index (χ0n) is 16.9. The summed E-state index contributed by atoms with van der Waals surface area (Å²) < 4.78 is 5.34. The van der Waals surface area contributed by atoms with Crippen LogP contribution in [0.1, 0.15) is 37.3 Å². The average molecular weight is 396 g/mol. The first-order valence-corrected chi connectivity index (χ1v) is 10.6. The first kappa shape index (κ1) is 18.5. The summed E-state index contributed by atoms with van der Waals surface area (Å²) >= 11 is 0. The number of ether oxygens (including phenoxy) is 1. The third-order valence-electron chi connectivity index (χ3n) is 6.96. The van der Waals surface area contributed by atoms with Crippen molar-refractivity contribution in [1.82, 2.24) is 14.9 Å². The van der Waals surface area contributed by atoms with Crippen molar-refractivity contribution in [2.24, 2.45) is 11.8 Å². The van der Waals surface area contributed by atoms with Crippen molar-refractivity contribution in [3.63, 3.8) is 0 Å². The lowest BCUT2D eigenvalue weighted by Gasteiger charge is -2.55. The Hall–Kier alpha value is -2.54. The topological polar surface area (TPSA) is 87.5 Å². The number of anilines is 2. The molecule has 2 bridgehead atoms. The molecule has 0 spiro atoms. The van der Waals surface area contributed by atoms with Crippen molar-refractivity contribution in [3.05, 3.63) is 46.2 Å². The summed E-state index contributed by atoms with van der Waals surface area (Å²) in [6, 6.07) is 11.3. The molecule has 4 atom stereocenters. The highest BCUT2D eigenvalue weighted by atomic mass is 16.5. The third-order valence-corrected chi connectivity index (χ3v) is 6.96. The Balaban J connectivity index is 1.38. The number of nitrogens with two attached hydrogens (primary N) is 1. The van der Waals surface area contributed by atoms with Gasteiger partial charge in [-0.3, -0.25) is 14.7 Å². The van der Waals surface area contributed by atoms with Crippen LogP contribution >= 0.6 is 0 Å². The Morgan fingerprint density at radius 2 is 2.00 bits per heavy atom. The molecule has 3 fully saturated rings. The molecular weight excluding hydrogens is 366 g/mol. The van der Waals surface area contributed by atoms with Crippen molar-refractivity contribution < 1.29 is 4.74 Å². The second-order valence-electron chi connectivity index (χ2n) is 8.74. The molecular formula is C22H29N5O2. The number of fused-ring (bicyclic) bond motifs is 4. The third kappa shape index (κ3) is 3.48. The van der Waals surface area contributed by atoms with E-state index in [2.05, 4.69) is 44.0 Å². The summed E-state index contributed by atoms with van der Waals surface area (Å²) in [4.78, 5) is 23.8. The lowest BCUT2D eigenvalue weighted by atomic mass is 9.74. The number of hydrogen-bond acceptors (Lipinski definition) is 6. The highest BCUT2D eigenvalue weighted by Gasteiger charge is 2.45. The van der Waals surface area contributed by atoms with Crippen LogP contribution in [-0.2, 0) is 0 Å². The predicted octanol–water partition coefficient (Wildman–Crippen LogP) is 2.41. The van der Waals surface area contributed by atoms with E-state index in [9.17, 15) is 4.79 Å². The predicted molar refractivity (Wildman–Crippen MR) is 113 cm³/mol. The second kappa shape index (κ2) is 7.37. The molecule has 5 rings (SSSR count). The largest absolute Gasteiger partial charge is 0.497 e. The molecule has 7 nitrogen and oxygen atoms in total. The van der Waals surface area contributed by atoms with Gasteiger partial charge in [0.25, 0.3) is 5.56 Å². The first-order chi connectivity index (χ1) is 14.1. The molecule has 3 N–H and O–H groups in total. The summed E-state index contributed by atoms with van der Waals surface area (Å²) in [5, 5.41) is 0. The maximum atomic E-state index is 11.9. The van der Waals surface area contributed by atoms with Gasteiger partial charge in [-0.25, -0.2) is 0 Å². The van der Waals surface area contributed by atoms with Gasteiger partial charge in [-0.2, -0.15) is 4.98 Å². The van der Waals surface area contributed by atoms with Gasteiger partial charge in [0.2, 0.25) is 5.95 Å². The Labute approximate surface area is 170 Å². The smallest absolute Gasteiger partial charge is 0.254 e. The van der Waals surface area contributed by atoms with E-state index in [4.69, 9.17) is 10.5 Å². The SMILES string of the molecule is COc1ccc([C@H]2CCC[C@H]3[C@@H]4C[C@@H](CN(c5cc(=O)[nH]c(N)n5)C4)CN23)cc1. The summed E-state index contributed by atoms with van der Waals surface area (Å²) in [7, 11) is 1.71. The molecule has 1 aromatic heterocycles. The van der Waals surface area contributed by atoms with Gasteiger partial charge in [0.15, 0.2) is 0 Å². The maximum absolute atomic E-state index is 11.9. The van der Waals surface area contributed by atoms with E-state index in [1.807, 2.05) is 0 Å². The monoisotopic (exact) mass is 395 g/mol. The zero-order valence-corrected chi connectivity index (χ0v) is 16.9. The molecule has 0 amide bonds. The van der Waals surface area contributed by atoms with Gasteiger partial charge in [-0.1, -0.05) is 12.1 Å². The van der Waals surface area contributed by atoms with E-state index < -0.39 is 0 Å². The number of H-pyrrole nitrogens is 1. The van der Waals surface area contributed by atoms with Crippen LogP contribution in [0.3, 0.4) is 0 Å². The van der Waals surface area contributed by atoms with Crippen LogP contribution in [0.4, 0.5) is 11.8 Å². The minimum absolute atomic E-state index is 0.179. The van der Waals surface area contributed by atoms with Gasteiger partial charge in [-0.05, 0) is 55.2 Å². The molecule has 0 unspecified atom stereocenters. The van der Waals surface area contributed by atoms with E-state index in [-0.39, 0.29) is 11.5 Å². The number of piperidine rings is 3. The van der Waals surface area contributed by atoms with Crippen LogP contribution in [0.15, 0.2) is 35.1 Å². The summed E-state index contributed by atoms with van der Waals surface area (Å²) in [5.41, 5.74) is 7.00. The number of rotatable bonds is 3. The number of nitrogens with zero attached hydrogens (tertiary/aromatic N) is 3. The number of methoxy groups -OCH3 is 1. The number of aromatic amines is 1. The van der Waals surface area contributed by atoms with Gasteiger partial charge in [-0.15, -0.1) is 0 Å². The van der Waals surface area contributed by atoms with Crippen molar-refractivity contribution in [2.75, 3.05) is 37.4 Å². The zero-order chi connectivity index (χ0) is 20.0.